The largest absolute Gasteiger partial charge is 0.499 e. The lowest BCUT2D eigenvalue weighted by molar-refractivity contribution is -0.155. The Bertz CT molecular complexity index is 1530. The molecule has 2 amide bonds. The van der Waals surface area contributed by atoms with Crippen LogP contribution < -0.4 is 10.6 Å². The maximum Gasteiger partial charge on any atom is 0.339 e. The van der Waals surface area contributed by atoms with Gasteiger partial charge < -0.3 is 44.5 Å². The van der Waals surface area contributed by atoms with Gasteiger partial charge in [0.15, 0.2) is 0 Å². The van der Waals surface area contributed by atoms with Crippen LogP contribution in [-0.4, -0.2) is 90.5 Å². The molecule has 1 heterocycles. The average Bonchev–Trinajstić information content (AvgIpc) is 3.56. The van der Waals surface area contributed by atoms with Crippen molar-refractivity contribution in [3.63, 3.8) is 0 Å². The number of fused-ring (bicyclic) bond motifs is 1. The summed E-state index contributed by atoms with van der Waals surface area (Å²) in [5.74, 6) is -1.85. The molecular weight excluding hydrogens is 636 g/mol. The molecule has 4 atom stereocenters. The third-order valence-corrected chi connectivity index (χ3v) is 7.60. The molecule has 13 nitrogen and oxygen atoms in total. The van der Waals surface area contributed by atoms with Crippen molar-refractivity contribution in [2.45, 2.75) is 76.5 Å². The van der Waals surface area contributed by atoms with Crippen LogP contribution in [0, 0.1) is 0 Å². The number of amides is 2. The standard InChI is InChI=1S/C36H44N2O11/c1-36(2,3)49-31(41)12-11-27(21-40)38-34(43)25-9-6-7-23(17-25)20-37-33(42)26-18-29-32(47-22-46-29)30(19-26)48-35(44)28-10-5-4-8-24(28)13-15-45-16-14-39/h4-10,13,15,17-18,27,29-30,32,39-40H,11-12,14,16,19-22H2,1-3H3,(H,37,42)(H,38,43)/t27-,29+,30+,32+/m0/s1. The molecule has 1 aliphatic heterocycles. The zero-order chi connectivity index (χ0) is 35.4. The molecule has 264 valence electrons. The van der Waals surface area contributed by atoms with E-state index in [-0.39, 0.29) is 52.4 Å². The van der Waals surface area contributed by atoms with Crippen molar-refractivity contribution < 1.29 is 53.1 Å². The molecule has 1 saturated heterocycles. The summed E-state index contributed by atoms with van der Waals surface area (Å²) in [6, 6.07) is 12.8. The van der Waals surface area contributed by atoms with Crippen molar-refractivity contribution >= 4 is 29.8 Å². The second kappa shape index (κ2) is 17.7. The number of aliphatic hydroxyl groups is 2. The minimum Gasteiger partial charge on any atom is -0.499 e. The first kappa shape index (κ1) is 37.3. The van der Waals surface area contributed by atoms with E-state index in [1.165, 1.54) is 6.26 Å². The molecule has 2 aliphatic rings. The Balaban J connectivity index is 1.34. The molecule has 0 saturated carbocycles. The van der Waals surface area contributed by atoms with Gasteiger partial charge in [-0.1, -0.05) is 30.3 Å². The highest BCUT2D eigenvalue weighted by atomic mass is 16.7. The first-order valence-electron chi connectivity index (χ1n) is 16.1. The van der Waals surface area contributed by atoms with Gasteiger partial charge in [0.1, 0.15) is 37.3 Å². The van der Waals surface area contributed by atoms with Gasteiger partial charge in [-0.05, 0) is 68.7 Å². The van der Waals surface area contributed by atoms with E-state index in [4.69, 9.17) is 28.8 Å². The fourth-order valence-electron chi connectivity index (χ4n) is 5.28. The number of aliphatic hydroxyl groups excluding tert-OH is 2. The van der Waals surface area contributed by atoms with Crippen LogP contribution in [0.4, 0.5) is 0 Å². The van der Waals surface area contributed by atoms with Crippen molar-refractivity contribution in [3.8, 4) is 0 Å². The number of nitrogens with one attached hydrogen (secondary N) is 2. The molecule has 0 unspecified atom stereocenters. The molecule has 2 aromatic rings. The van der Waals surface area contributed by atoms with E-state index in [0.717, 1.165) is 0 Å². The van der Waals surface area contributed by atoms with Gasteiger partial charge in [0.05, 0.1) is 31.1 Å². The second-order valence-corrected chi connectivity index (χ2v) is 12.6. The normalized spacial score (nSPS) is 19.4. The number of ether oxygens (including phenoxy) is 5. The summed E-state index contributed by atoms with van der Waals surface area (Å²) in [4.78, 5) is 51.6. The molecular formula is C36H44N2O11. The molecule has 1 fully saturated rings. The smallest absolute Gasteiger partial charge is 0.339 e. The maximum absolute atomic E-state index is 13.3. The van der Waals surface area contributed by atoms with Gasteiger partial charge in [-0.2, -0.15) is 0 Å². The number of benzene rings is 2. The summed E-state index contributed by atoms with van der Waals surface area (Å²) in [5.41, 5.74) is 1.55. The first-order valence-corrected chi connectivity index (χ1v) is 16.1. The van der Waals surface area contributed by atoms with Crippen LogP contribution in [0.15, 0.2) is 66.4 Å². The molecule has 0 bridgehead atoms. The Morgan fingerprint density at radius 3 is 2.59 bits per heavy atom. The van der Waals surface area contributed by atoms with E-state index >= 15 is 0 Å². The van der Waals surface area contributed by atoms with Crippen LogP contribution in [0.1, 0.15) is 71.9 Å². The highest BCUT2D eigenvalue weighted by molar-refractivity contribution is 5.96. The Hall–Kier alpha value is -4.56. The topological polar surface area (TPSA) is 179 Å². The first-order chi connectivity index (χ1) is 23.5. The summed E-state index contributed by atoms with van der Waals surface area (Å²) >= 11 is 0. The van der Waals surface area contributed by atoms with Crippen molar-refractivity contribution in [3.05, 3.63) is 88.7 Å². The predicted octanol–water partition coefficient (Wildman–Crippen LogP) is 2.79. The molecule has 0 aromatic heterocycles. The summed E-state index contributed by atoms with van der Waals surface area (Å²) in [7, 11) is 0. The summed E-state index contributed by atoms with van der Waals surface area (Å²) in [6.07, 6.45) is 3.02. The minimum atomic E-state index is -0.796. The number of esters is 2. The van der Waals surface area contributed by atoms with Crippen LogP contribution in [0.3, 0.4) is 0 Å². The number of hydrogen-bond acceptors (Lipinski definition) is 11. The van der Waals surface area contributed by atoms with Crippen LogP contribution in [0.25, 0.3) is 6.08 Å². The highest BCUT2D eigenvalue weighted by Gasteiger charge is 2.42. The van der Waals surface area contributed by atoms with E-state index < -0.39 is 53.7 Å². The van der Waals surface area contributed by atoms with Gasteiger partial charge in [-0.25, -0.2) is 4.79 Å². The summed E-state index contributed by atoms with van der Waals surface area (Å²) < 4.78 is 27.7. The van der Waals surface area contributed by atoms with Gasteiger partial charge in [-0.3, -0.25) is 14.4 Å². The second-order valence-electron chi connectivity index (χ2n) is 12.6. The van der Waals surface area contributed by atoms with Gasteiger partial charge in [0.25, 0.3) is 5.91 Å². The molecule has 4 rings (SSSR count). The van der Waals surface area contributed by atoms with Gasteiger partial charge in [0.2, 0.25) is 5.91 Å². The molecule has 0 spiro atoms. The van der Waals surface area contributed by atoms with E-state index in [9.17, 15) is 24.3 Å². The molecule has 2 aromatic carbocycles. The molecule has 4 N–H and O–H groups in total. The molecule has 1 aliphatic carbocycles. The number of carbonyl (C=O) groups is 4. The lowest BCUT2D eigenvalue weighted by Gasteiger charge is -2.30. The third-order valence-electron chi connectivity index (χ3n) is 7.60. The number of rotatable bonds is 15. The van der Waals surface area contributed by atoms with Crippen LogP contribution in [-0.2, 0) is 39.8 Å². The Kier molecular flexibility index (Phi) is 13.5. The van der Waals surface area contributed by atoms with Gasteiger partial charge in [0, 0.05) is 30.5 Å². The third kappa shape index (κ3) is 11.2. The van der Waals surface area contributed by atoms with Crippen LogP contribution >= 0.6 is 0 Å². The maximum atomic E-state index is 13.3. The van der Waals surface area contributed by atoms with Crippen LogP contribution in [0.5, 0.6) is 0 Å². The monoisotopic (exact) mass is 680 g/mol. The van der Waals surface area contributed by atoms with Crippen molar-refractivity contribution in [1.82, 2.24) is 10.6 Å². The Morgan fingerprint density at radius 1 is 1.04 bits per heavy atom. The van der Waals surface area contributed by atoms with Crippen molar-refractivity contribution in [2.75, 3.05) is 26.6 Å². The average molecular weight is 681 g/mol. The summed E-state index contributed by atoms with van der Waals surface area (Å²) in [6.45, 7) is 5.02. The highest BCUT2D eigenvalue weighted by Crippen LogP contribution is 2.31. The van der Waals surface area contributed by atoms with E-state index in [0.29, 0.717) is 27.8 Å². The zero-order valence-electron chi connectivity index (χ0n) is 27.9. The molecule has 49 heavy (non-hydrogen) atoms. The Morgan fingerprint density at radius 2 is 1.84 bits per heavy atom. The van der Waals surface area contributed by atoms with Gasteiger partial charge in [-0.15, -0.1) is 0 Å². The van der Waals surface area contributed by atoms with Crippen molar-refractivity contribution in [2.24, 2.45) is 0 Å². The summed E-state index contributed by atoms with van der Waals surface area (Å²) in [5, 5.41) is 24.3. The van der Waals surface area contributed by atoms with Crippen LogP contribution in [0.2, 0.25) is 0 Å². The lowest BCUT2D eigenvalue weighted by atomic mass is 9.91. The minimum absolute atomic E-state index is 0.0106. The number of carbonyl (C=O) groups excluding carboxylic acids is 4. The number of hydrogen-bond donors (Lipinski definition) is 4. The molecule has 0 radical (unpaired) electrons. The quantitative estimate of drug-likeness (QED) is 0.124. The van der Waals surface area contributed by atoms with E-state index in [1.807, 2.05) is 0 Å². The van der Waals surface area contributed by atoms with E-state index in [2.05, 4.69) is 10.6 Å². The molecule has 13 heteroatoms. The Labute approximate surface area is 285 Å². The fraction of sp³-hybridized carbons (Fsp3) is 0.444. The van der Waals surface area contributed by atoms with E-state index in [1.54, 1.807) is 81.5 Å². The zero-order valence-corrected chi connectivity index (χ0v) is 27.9. The lowest BCUT2D eigenvalue weighted by Crippen LogP contribution is -2.43. The van der Waals surface area contributed by atoms with Crippen molar-refractivity contribution in [1.29, 1.82) is 0 Å². The van der Waals surface area contributed by atoms with Gasteiger partial charge >= 0.3 is 11.9 Å². The SMILES string of the molecule is CC(C)(C)OC(=O)CC[C@@H](CO)NC(=O)c1cccc(CNC(=O)C2=C[C@H]3OCO[C@H]3[C@H](OC(=O)c3ccccc3C=COCCO)C2)c1. The fourth-order valence-corrected chi connectivity index (χ4v) is 5.28. The predicted molar refractivity (Wildman–Crippen MR) is 177 cm³/mol.